The van der Waals surface area contributed by atoms with Crippen LogP contribution in [0.1, 0.15) is 10.4 Å². The average molecular weight is 219 g/mol. The first-order valence-electron chi connectivity index (χ1n) is 4.33. The molecule has 1 aromatic carbocycles. The number of nitrogens with zero attached hydrogens (tertiary/aromatic N) is 2. The van der Waals surface area contributed by atoms with Crippen molar-refractivity contribution < 1.29 is 4.79 Å². The Balaban J connectivity index is 2.36. The van der Waals surface area contributed by atoms with Gasteiger partial charge in [0.1, 0.15) is 0 Å². The molecule has 0 bridgehead atoms. The van der Waals surface area contributed by atoms with Crippen LogP contribution in [0, 0.1) is 0 Å². The average Bonchev–Trinajstić information content (AvgIpc) is 2.30. The predicted octanol–water partition coefficient (Wildman–Crippen LogP) is 2.52. The fourth-order valence-corrected chi connectivity index (χ4v) is 1.35. The number of halogens is 1. The molecule has 0 spiro atoms. The lowest BCUT2D eigenvalue weighted by Crippen LogP contribution is -1.89. The van der Waals surface area contributed by atoms with Gasteiger partial charge in [0, 0.05) is 23.5 Å². The molecule has 2 aromatic rings. The van der Waals surface area contributed by atoms with Gasteiger partial charge in [0.05, 0.1) is 11.9 Å². The minimum absolute atomic E-state index is 0.458. The van der Waals surface area contributed by atoms with Gasteiger partial charge in [-0.2, -0.15) is 0 Å². The first kappa shape index (κ1) is 9.80. The van der Waals surface area contributed by atoms with E-state index in [0.717, 1.165) is 11.3 Å². The van der Waals surface area contributed by atoms with Crippen molar-refractivity contribution in [3.05, 3.63) is 48.4 Å². The van der Waals surface area contributed by atoms with Crippen LogP contribution in [0.2, 0.25) is 0 Å². The minimum atomic E-state index is -0.458. The molecule has 1 heterocycles. The second-order valence-electron chi connectivity index (χ2n) is 2.94. The van der Waals surface area contributed by atoms with Crippen LogP contribution in [0.3, 0.4) is 0 Å². The zero-order chi connectivity index (χ0) is 10.7. The number of hydrogen-bond acceptors (Lipinski definition) is 3. The summed E-state index contributed by atoms with van der Waals surface area (Å²) in [5.41, 5.74) is 2.15. The van der Waals surface area contributed by atoms with Gasteiger partial charge in [-0.05, 0) is 23.7 Å². The Kier molecular flexibility index (Phi) is 2.74. The fourth-order valence-electron chi connectivity index (χ4n) is 1.22. The molecule has 0 amide bonds. The van der Waals surface area contributed by atoms with Crippen LogP contribution in [0.25, 0.3) is 11.3 Å². The Labute approximate surface area is 91.8 Å². The van der Waals surface area contributed by atoms with Gasteiger partial charge in [0.15, 0.2) is 0 Å². The second kappa shape index (κ2) is 4.19. The van der Waals surface area contributed by atoms with Gasteiger partial charge < -0.3 is 0 Å². The number of carbonyl (C=O) groups is 1. The molecule has 15 heavy (non-hydrogen) atoms. The third-order valence-electron chi connectivity index (χ3n) is 1.97. The van der Waals surface area contributed by atoms with Gasteiger partial charge in [-0.1, -0.05) is 12.1 Å². The Bertz CT molecular complexity index is 468. The Hall–Kier alpha value is -1.74. The molecule has 0 saturated carbocycles. The van der Waals surface area contributed by atoms with Crippen molar-refractivity contribution in [1.82, 2.24) is 9.97 Å². The molecule has 4 heteroatoms. The molecule has 0 radical (unpaired) electrons. The zero-order valence-electron chi connectivity index (χ0n) is 7.72. The van der Waals surface area contributed by atoms with E-state index in [2.05, 4.69) is 9.97 Å². The van der Waals surface area contributed by atoms with Gasteiger partial charge in [0.25, 0.3) is 5.24 Å². The number of rotatable bonds is 2. The van der Waals surface area contributed by atoms with E-state index >= 15 is 0 Å². The van der Waals surface area contributed by atoms with E-state index in [1.165, 1.54) is 0 Å². The molecule has 0 saturated heterocycles. The maximum Gasteiger partial charge on any atom is 0.252 e. The molecule has 0 unspecified atom stereocenters. The molecular formula is C11H7ClN2O. The number of hydrogen-bond donors (Lipinski definition) is 0. The van der Waals surface area contributed by atoms with E-state index in [4.69, 9.17) is 11.6 Å². The summed E-state index contributed by atoms with van der Waals surface area (Å²) in [4.78, 5) is 18.9. The lowest BCUT2D eigenvalue weighted by Gasteiger charge is -1.99. The molecule has 0 atom stereocenters. The first-order chi connectivity index (χ1) is 7.27. The quantitative estimate of drug-likeness (QED) is 0.728. The molecular weight excluding hydrogens is 212 g/mol. The van der Waals surface area contributed by atoms with Crippen molar-refractivity contribution >= 4 is 16.8 Å². The highest BCUT2D eigenvalue weighted by Gasteiger charge is 2.02. The van der Waals surface area contributed by atoms with E-state index in [9.17, 15) is 4.79 Å². The van der Waals surface area contributed by atoms with Crippen molar-refractivity contribution in [1.29, 1.82) is 0 Å². The van der Waals surface area contributed by atoms with Gasteiger partial charge >= 0.3 is 0 Å². The molecule has 0 N–H and O–H groups in total. The summed E-state index contributed by atoms with van der Waals surface area (Å²) in [6.45, 7) is 0. The van der Waals surface area contributed by atoms with Crippen LogP contribution in [0.4, 0.5) is 0 Å². The molecule has 2 rings (SSSR count). The summed E-state index contributed by atoms with van der Waals surface area (Å²) >= 11 is 5.33. The van der Waals surface area contributed by atoms with Crippen LogP contribution in [0.15, 0.2) is 42.9 Å². The molecule has 0 fully saturated rings. The van der Waals surface area contributed by atoms with Gasteiger partial charge in [-0.15, -0.1) is 0 Å². The largest absolute Gasteiger partial charge is 0.276 e. The van der Waals surface area contributed by atoms with Gasteiger partial charge in [0.2, 0.25) is 0 Å². The highest BCUT2D eigenvalue weighted by atomic mass is 35.5. The lowest BCUT2D eigenvalue weighted by molar-refractivity contribution is 0.108. The maximum absolute atomic E-state index is 10.8. The molecule has 1 aromatic heterocycles. The standard InChI is InChI=1S/C11H7ClN2O/c12-11(15)9-3-1-8(2-4-9)10-7-13-5-6-14-10/h1-7H. The van der Waals surface area contributed by atoms with Crippen molar-refractivity contribution in [3.8, 4) is 11.3 Å². The van der Waals surface area contributed by atoms with E-state index in [1.807, 2.05) is 0 Å². The van der Waals surface area contributed by atoms with Crippen molar-refractivity contribution in [2.45, 2.75) is 0 Å². The Morgan fingerprint density at radius 1 is 1.13 bits per heavy atom. The van der Waals surface area contributed by atoms with E-state index in [1.54, 1.807) is 42.9 Å². The predicted molar refractivity (Wildman–Crippen MR) is 57.7 cm³/mol. The lowest BCUT2D eigenvalue weighted by atomic mass is 10.1. The van der Waals surface area contributed by atoms with Crippen molar-refractivity contribution in [2.24, 2.45) is 0 Å². The summed E-state index contributed by atoms with van der Waals surface area (Å²) in [7, 11) is 0. The van der Waals surface area contributed by atoms with Crippen molar-refractivity contribution in [3.63, 3.8) is 0 Å². The molecule has 74 valence electrons. The monoisotopic (exact) mass is 218 g/mol. The van der Waals surface area contributed by atoms with Crippen molar-refractivity contribution in [2.75, 3.05) is 0 Å². The van der Waals surface area contributed by atoms with Crippen LogP contribution < -0.4 is 0 Å². The van der Waals surface area contributed by atoms with Crippen LogP contribution >= 0.6 is 11.6 Å². The normalized spacial score (nSPS) is 9.93. The molecule has 0 aliphatic heterocycles. The topological polar surface area (TPSA) is 42.9 Å². The highest BCUT2D eigenvalue weighted by Crippen LogP contribution is 2.16. The number of benzene rings is 1. The Morgan fingerprint density at radius 2 is 1.87 bits per heavy atom. The van der Waals surface area contributed by atoms with Crippen LogP contribution in [-0.4, -0.2) is 15.2 Å². The third-order valence-corrected chi connectivity index (χ3v) is 2.19. The summed E-state index contributed by atoms with van der Waals surface area (Å²) in [6, 6.07) is 6.91. The SMILES string of the molecule is O=C(Cl)c1ccc(-c2cnccn2)cc1. The Morgan fingerprint density at radius 3 is 2.40 bits per heavy atom. The highest BCUT2D eigenvalue weighted by molar-refractivity contribution is 6.67. The van der Waals surface area contributed by atoms with Crippen LogP contribution in [0.5, 0.6) is 0 Å². The van der Waals surface area contributed by atoms with Gasteiger partial charge in [-0.3, -0.25) is 14.8 Å². The van der Waals surface area contributed by atoms with E-state index < -0.39 is 5.24 Å². The summed E-state index contributed by atoms with van der Waals surface area (Å²) in [6.07, 6.45) is 4.90. The zero-order valence-corrected chi connectivity index (χ0v) is 8.48. The molecule has 0 aliphatic rings. The second-order valence-corrected chi connectivity index (χ2v) is 3.28. The minimum Gasteiger partial charge on any atom is -0.276 e. The maximum atomic E-state index is 10.8. The molecule has 0 aliphatic carbocycles. The molecule has 3 nitrogen and oxygen atoms in total. The van der Waals surface area contributed by atoms with Crippen LogP contribution in [-0.2, 0) is 0 Å². The number of carbonyl (C=O) groups excluding carboxylic acids is 1. The summed E-state index contributed by atoms with van der Waals surface area (Å²) in [5, 5.41) is -0.458. The van der Waals surface area contributed by atoms with Gasteiger partial charge in [-0.25, -0.2) is 0 Å². The smallest absolute Gasteiger partial charge is 0.252 e. The van der Waals surface area contributed by atoms with E-state index in [0.29, 0.717) is 5.56 Å². The summed E-state index contributed by atoms with van der Waals surface area (Å²) in [5.74, 6) is 0. The number of aromatic nitrogens is 2. The van der Waals surface area contributed by atoms with E-state index in [-0.39, 0.29) is 0 Å². The first-order valence-corrected chi connectivity index (χ1v) is 4.71. The fraction of sp³-hybridized carbons (Fsp3) is 0. The third kappa shape index (κ3) is 2.19. The summed E-state index contributed by atoms with van der Waals surface area (Å²) < 4.78 is 0.